The van der Waals surface area contributed by atoms with Gasteiger partial charge >= 0.3 is 5.63 Å². The third kappa shape index (κ3) is 4.24. The highest BCUT2D eigenvalue weighted by atomic mass is 35.5. The fraction of sp³-hybridized carbons (Fsp3) is 0.0667. The van der Waals surface area contributed by atoms with Crippen molar-refractivity contribution in [2.24, 2.45) is 5.10 Å². The molecule has 1 atom stereocenters. The molecule has 1 unspecified atom stereocenters. The first-order valence-corrected chi connectivity index (χ1v) is 13.6. The molecule has 3 aromatic carbocycles. The van der Waals surface area contributed by atoms with Crippen LogP contribution >= 0.6 is 22.9 Å². The van der Waals surface area contributed by atoms with E-state index in [-0.39, 0.29) is 17.0 Å². The van der Waals surface area contributed by atoms with Gasteiger partial charge in [-0.15, -0.1) is 11.3 Å². The fourth-order valence-electron chi connectivity index (χ4n) is 4.90. The molecular formula is C30H17ClF2N4O2S. The molecule has 1 aliphatic heterocycles. The highest BCUT2D eigenvalue weighted by Gasteiger charge is 2.34. The Morgan fingerprint density at radius 1 is 0.925 bits per heavy atom. The van der Waals surface area contributed by atoms with Crippen LogP contribution in [-0.4, -0.2) is 15.7 Å². The van der Waals surface area contributed by atoms with Gasteiger partial charge in [0.15, 0.2) is 0 Å². The summed E-state index contributed by atoms with van der Waals surface area (Å²) in [6.45, 7) is 0. The number of hydrogen-bond acceptors (Lipinski definition) is 7. The van der Waals surface area contributed by atoms with E-state index in [9.17, 15) is 13.6 Å². The minimum Gasteiger partial charge on any atom is -0.422 e. The van der Waals surface area contributed by atoms with Crippen molar-refractivity contribution in [1.82, 2.24) is 9.97 Å². The third-order valence-electron chi connectivity index (χ3n) is 6.82. The van der Waals surface area contributed by atoms with Crippen LogP contribution in [0.2, 0.25) is 5.15 Å². The predicted molar refractivity (Wildman–Crippen MR) is 153 cm³/mol. The van der Waals surface area contributed by atoms with E-state index >= 15 is 0 Å². The van der Waals surface area contributed by atoms with Crippen LogP contribution in [0.3, 0.4) is 0 Å². The van der Waals surface area contributed by atoms with Gasteiger partial charge in [0.1, 0.15) is 22.4 Å². The molecule has 0 spiro atoms. The number of pyridine rings is 1. The molecule has 0 saturated carbocycles. The van der Waals surface area contributed by atoms with Gasteiger partial charge in [-0.1, -0.05) is 48.0 Å². The summed E-state index contributed by atoms with van der Waals surface area (Å²) in [4.78, 5) is 22.0. The van der Waals surface area contributed by atoms with Gasteiger partial charge in [-0.2, -0.15) is 5.10 Å². The van der Waals surface area contributed by atoms with Gasteiger partial charge in [-0.05, 0) is 42.5 Å². The molecule has 1 aliphatic rings. The Labute approximate surface area is 234 Å². The van der Waals surface area contributed by atoms with Crippen molar-refractivity contribution in [3.05, 3.63) is 123 Å². The zero-order valence-electron chi connectivity index (χ0n) is 20.5. The molecule has 0 radical (unpaired) electrons. The first kappa shape index (κ1) is 24.6. The fourth-order valence-corrected chi connectivity index (χ4v) is 5.99. The van der Waals surface area contributed by atoms with Crippen LogP contribution in [-0.2, 0) is 0 Å². The van der Waals surface area contributed by atoms with E-state index in [1.807, 2.05) is 30.3 Å². The number of rotatable bonds is 4. The molecule has 0 bridgehead atoms. The van der Waals surface area contributed by atoms with Crippen molar-refractivity contribution in [3.8, 4) is 11.3 Å². The highest BCUT2D eigenvalue weighted by Crippen LogP contribution is 2.42. The number of hydrogen-bond donors (Lipinski definition) is 0. The van der Waals surface area contributed by atoms with Gasteiger partial charge in [-0.3, -0.25) is 0 Å². The minimum absolute atomic E-state index is 0.194. The normalized spacial score (nSPS) is 15.2. The lowest BCUT2D eigenvalue weighted by molar-refractivity contribution is 0.560. The standard InChI is InChI=1S/C30H17ClF2N4O2S/c31-28-21(12-16-5-1-4-8-23(16)34-28)26-14-24(19-6-2-3-7-22(19)33)36-37(26)30-35-25(15-40-30)20-13-17-11-18(32)9-10-27(17)39-29(20)38/h1-13,15,26H,14H2. The van der Waals surface area contributed by atoms with E-state index < -0.39 is 17.5 Å². The molecule has 0 fully saturated rings. The Kier molecular flexibility index (Phi) is 5.91. The zero-order chi connectivity index (χ0) is 27.4. The average molecular weight is 571 g/mol. The van der Waals surface area contributed by atoms with Crippen LogP contribution in [0.4, 0.5) is 13.9 Å². The molecule has 40 heavy (non-hydrogen) atoms. The van der Waals surface area contributed by atoms with Crippen molar-refractivity contribution in [2.45, 2.75) is 12.5 Å². The summed E-state index contributed by atoms with van der Waals surface area (Å²) >= 11 is 7.95. The molecular weight excluding hydrogens is 554 g/mol. The molecule has 6 aromatic rings. The van der Waals surface area contributed by atoms with Gasteiger partial charge in [0.25, 0.3) is 0 Å². The molecule has 4 heterocycles. The average Bonchev–Trinajstić information content (AvgIpc) is 3.61. The molecule has 6 nitrogen and oxygen atoms in total. The van der Waals surface area contributed by atoms with Crippen molar-refractivity contribution in [2.75, 3.05) is 5.01 Å². The third-order valence-corrected chi connectivity index (χ3v) is 7.95. The van der Waals surface area contributed by atoms with Crippen molar-refractivity contribution < 1.29 is 13.2 Å². The summed E-state index contributed by atoms with van der Waals surface area (Å²) in [5.74, 6) is -0.826. The number of anilines is 1. The highest BCUT2D eigenvalue weighted by molar-refractivity contribution is 7.14. The van der Waals surface area contributed by atoms with E-state index in [1.165, 1.54) is 35.6 Å². The molecule has 196 valence electrons. The summed E-state index contributed by atoms with van der Waals surface area (Å²) in [5, 5.41) is 10.3. The Bertz CT molecular complexity index is 2040. The molecule has 0 N–H and O–H groups in total. The topological polar surface area (TPSA) is 71.6 Å². The molecule has 0 saturated heterocycles. The lowest BCUT2D eigenvalue weighted by Crippen LogP contribution is -2.19. The second-order valence-electron chi connectivity index (χ2n) is 9.30. The summed E-state index contributed by atoms with van der Waals surface area (Å²) in [7, 11) is 0. The van der Waals surface area contributed by atoms with Crippen molar-refractivity contribution in [3.63, 3.8) is 0 Å². The number of nitrogens with zero attached hydrogens (tertiary/aromatic N) is 4. The van der Waals surface area contributed by atoms with Gasteiger partial charge in [-0.25, -0.2) is 28.6 Å². The minimum atomic E-state index is -0.591. The maximum absolute atomic E-state index is 14.8. The Morgan fingerprint density at radius 3 is 2.62 bits per heavy atom. The molecule has 7 rings (SSSR count). The number of fused-ring (bicyclic) bond motifs is 2. The van der Waals surface area contributed by atoms with Crippen LogP contribution in [0.15, 0.2) is 98.6 Å². The molecule has 10 heteroatoms. The first-order valence-electron chi connectivity index (χ1n) is 12.3. The molecule has 3 aromatic heterocycles. The summed E-state index contributed by atoms with van der Waals surface area (Å²) < 4.78 is 34.0. The van der Waals surface area contributed by atoms with Gasteiger partial charge < -0.3 is 4.42 Å². The Hall–Kier alpha value is -4.47. The lowest BCUT2D eigenvalue weighted by Gasteiger charge is -2.22. The second kappa shape index (κ2) is 9.62. The predicted octanol–water partition coefficient (Wildman–Crippen LogP) is 7.75. The summed E-state index contributed by atoms with van der Waals surface area (Å²) in [6, 6.07) is 21.1. The first-order chi connectivity index (χ1) is 19.4. The Morgan fingerprint density at radius 2 is 1.75 bits per heavy atom. The van der Waals surface area contributed by atoms with Crippen LogP contribution in [0, 0.1) is 11.6 Å². The smallest absolute Gasteiger partial charge is 0.345 e. The monoisotopic (exact) mass is 570 g/mol. The maximum atomic E-state index is 14.8. The maximum Gasteiger partial charge on any atom is 0.345 e. The van der Waals surface area contributed by atoms with Gasteiger partial charge in [0.05, 0.1) is 28.5 Å². The van der Waals surface area contributed by atoms with Crippen LogP contribution < -0.4 is 10.6 Å². The van der Waals surface area contributed by atoms with Gasteiger partial charge in [0, 0.05) is 33.7 Å². The summed E-state index contributed by atoms with van der Waals surface area (Å²) in [6.07, 6.45) is 0.354. The number of para-hydroxylation sites is 1. The largest absolute Gasteiger partial charge is 0.422 e. The van der Waals surface area contributed by atoms with Crippen LogP contribution in [0.25, 0.3) is 33.1 Å². The molecule has 0 aliphatic carbocycles. The number of benzene rings is 3. The van der Waals surface area contributed by atoms with Crippen molar-refractivity contribution >= 4 is 55.7 Å². The zero-order valence-corrected chi connectivity index (χ0v) is 22.1. The second-order valence-corrected chi connectivity index (χ2v) is 10.5. The van der Waals surface area contributed by atoms with E-state index in [1.54, 1.807) is 34.7 Å². The van der Waals surface area contributed by atoms with E-state index in [4.69, 9.17) is 26.1 Å². The molecule has 0 amide bonds. The SMILES string of the molecule is O=c1oc2ccc(F)cc2cc1-c1csc(N2N=C(c3ccccc3F)CC2c2cc3ccccc3nc2Cl)n1. The number of aromatic nitrogens is 2. The van der Waals surface area contributed by atoms with E-state index in [2.05, 4.69) is 4.98 Å². The van der Waals surface area contributed by atoms with Crippen molar-refractivity contribution in [1.29, 1.82) is 0 Å². The summed E-state index contributed by atoms with van der Waals surface area (Å²) in [5.41, 5.74) is 2.63. The number of thiazole rings is 1. The number of halogens is 3. The quantitative estimate of drug-likeness (QED) is 0.160. The van der Waals surface area contributed by atoms with Gasteiger partial charge in [0.2, 0.25) is 5.13 Å². The van der Waals surface area contributed by atoms with Crippen LogP contribution in [0.5, 0.6) is 0 Å². The Balaban J connectivity index is 1.34. The van der Waals surface area contributed by atoms with Crippen LogP contribution in [0.1, 0.15) is 23.6 Å². The lowest BCUT2D eigenvalue weighted by atomic mass is 9.98. The number of hydrazone groups is 1. The van der Waals surface area contributed by atoms with E-state index in [0.717, 1.165) is 10.9 Å². The van der Waals surface area contributed by atoms with E-state index in [0.29, 0.717) is 44.6 Å².